The predicted octanol–water partition coefficient (Wildman–Crippen LogP) is 4.68. The fourth-order valence-corrected chi connectivity index (χ4v) is 5.59. The van der Waals surface area contributed by atoms with Gasteiger partial charge in [0.25, 0.3) is 0 Å². The number of morpholine rings is 1. The van der Waals surface area contributed by atoms with Crippen LogP contribution in [0.15, 0.2) is 61.2 Å². The van der Waals surface area contributed by atoms with E-state index in [-0.39, 0.29) is 0 Å². The first kappa shape index (κ1) is 29.5. The van der Waals surface area contributed by atoms with Crippen molar-refractivity contribution in [3.63, 3.8) is 0 Å². The highest BCUT2D eigenvalue weighted by Gasteiger charge is 2.38. The van der Waals surface area contributed by atoms with E-state index < -0.39 is 12.1 Å². The van der Waals surface area contributed by atoms with Gasteiger partial charge in [0, 0.05) is 67.8 Å². The fourth-order valence-electron chi connectivity index (χ4n) is 5.59. The van der Waals surface area contributed by atoms with Crippen molar-refractivity contribution in [2.75, 3.05) is 44.3 Å². The van der Waals surface area contributed by atoms with Gasteiger partial charge in [-0.15, -0.1) is 0 Å². The summed E-state index contributed by atoms with van der Waals surface area (Å²) in [6, 6.07) is 12.9. The van der Waals surface area contributed by atoms with Crippen LogP contribution in [0, 0.1) is 0 Å². The number of nitrogens with one attached hydrogen (secondary N) is 1. The van der Waals surface area contributed by atoms with E-state index in [1.807, 2.05) is 30.9 Å². The molecule has 5 aromatic rings. The number of carboxylic acid groups (broad SMARTS) is 1. The molecule has 1 aromatic carbocycles. The lowest BCUT2D eigenvalue weighted by molar-refractivity contribution is -0.192. The molecule has 11 nitrogen and oxygen atoms in total. The zero-order valence-corrected chi connectivity index (χ0v) is 23.7. The second-order valence-electron chi connectivity index (χ2n) is 10.7. The Kier molecular flexibility index (Phi) is 8.44. The maximum atomic E-state index is 10.6. The predicted molar refractivity (Wildman–Crippen MR) is 157 cm³/mol. The molecule has 14 heteroatoms. The molecule has 0 atom stereocenters. The number of anilines is 1. The van der Waals surface area contributed by atoms with Crippen LogP contribution in [0.25, 0.3) is 33.3 Å². The quantitative estimate of drug-likeness (QED) is 0.293. The third kappa shape index (κ3) is 6.50. The molecular formula is C30H31F3N8O3. The number of H-pyrrole nitrogens is 1. The molecule has 4 aromatic heterocycles. The number of carbonyl (C=O) groups is 1. The lowest BCUT2D eigenvalue weighted by Crippen LogP contribution is -2.37. The van der Waals surface area contributed by atoms with Crippen molar-refractivity contribution in [2.45, 2.75) is 31.6 Å². The molecule has 0 amide bonds. The first-order valence-electron chi connectivity index (χ1n) is 14.3. The molecule has 44 heavy (non-hydrogen) atoms. The second kappa shape index (κ2) is 12.6. The van der Waals surface area contributed by atoms with Gasteiger partial charge < -0.3 is 19.7 Å². The zero-order chi connectivity index (χ0) is 30.7. The third-order valence-corrected chi connectivity index (χ3v) is 7.83. The lowest BCUT2D eigenvalue weighted by atomic mass is 10.0. The number of fused-ring (bicyclic) bond motifs is 2. The van der Waals surface area contributed by atoms with E-state index >= 15 is 0 Å². The second-order valence-corrected chi connectivity index (χ2v) is 10.7. The van der Waals surface area contributed by atoms with Gasteiger partial charge in [-0.2, -0.15) is 18.3 Å². The molecule has 0 aliphatic carbocycles. The number of nitrogens with zero attached hydrogens (tertiary/aromatic N) is 7. The van der Waals surface area contributed by atoms with Crippen molar-refractivity contribution in [1.29, 1.82) is 0 Å². The van der Waals surface area contributed by atoms with Crippen molar-refractivity contribution in [2.24, 2.45) is 0 Å². The van der Waals surface area contributed by atoms with E-state index in [9.17, 15) is 13.2 Å². The van der Waals surface area contributed by atoms with Gasteiger partial charge in [0.15, 0.2) is 11.5 Å². The van der Waals surface area contributed by atoms with Crippen LogP contribution in [-0.2, 0) is 16.1 Å². The number of carboxylic acids is 1. The Labute approximate surface area is 250 Å². The number of hydrogen-bond donors (Lipinski definition) is 2. The van der Waals surface area contributed by atoms with E-state index in [0.717, 1.165) is 84.7 Å². The highest BCUT2D eigenvalue weighted by Crippen LogP contribution is 2.33. The average Bonchev–Trinajstić information content (AvgIpc) is 3.69. The summed E-state index contributed by atoms with van der Waals surface area (Å²) in [4.78, 5) is 31.5. The Hall–Kier alpha value is -4.56. The van der Waals surface area contributed by atoms with Gasteiger partial charge in [0.1, 0.15) is 5.82 Å². The van der Waals surface area contributed by atoms with Crippen LogP contribution in [0.2, 0.25) is 0 Å². The minimum absolute atomic E-state index is 0.315. The van der Waals surface area contributed by atoms with Crippen LogP contribution in [0.4, 0.5) is 19.0 Å². The normalized spacial score (nSPS) is 16.7. The minimum Gasteiger partial charge on any atom is -0.475 e. The maximum absolute atomic E-state index is 10.6. The highest BCUT2D eigenvalue weighted by atomic mass is 19.4. The maximum Gasteiger partial charge on any atom is 0.490 e. The molecule has 2 aliphatic rings. The van der Waals surface area contributed by atoms with E-state index in [4.69, 9.17) is 29.7 Å². The largest absolute Gasteiger partial charge is 0.490 e. The summed E-state index contributed by atoms with van der Waals surface area (Å²) in [5, 5.41) is 14.2. The Morgan fingerprint density at radius 3 is 2.52 bits per heavy atom. The summed E-state index contributed by atoms with van der Waals surface area (Å²) in [7, 11) is 0. The van der Waals surface area contributed by atoms with Crippen molar-refractivity contribution in [3.05, 3.63) is 66.7 Å². The fraction of sp³-hybridized carbons (Fsp3) is 0.367. The van der Waals surface area contributed by atoms with Gasteiger partial charge in [0.05, 0.1) is 30.8 Å². The summed E-state index contributed by atoms with van der Waals surface area (Å²) in [6.07, 6.45) is 4.71. The number of benzene rings is 1. The average molecular weight is 609 g/mol. The Bertz CT molecular complexity index is 1730. The molecule has 230 valence electrons. The molecule has 0 bridgehead atoms. The molecule has 2 aliphatic heterocycles. The van der Waals surface area contributed by atoms with Gasteiger partial charge in [-0.3, -0.25) is 9.88 Å². The topological polar surface area (TPSA) is 125 Å². The van der Waals surface area contributed by atoms with E-state index in [0.29, 0.717) is 19.3 Å². The van der Waals surface area contributed by atoms with Crippen LogP contribution in [0.5, 0.6) is 0 Å². The number of aromatic amines is 1. The third-order valence-electron chi connectivity index (χ3n) is 7.83. The number of likely N-dealkylation sites (tertiary alicyclic amines) is 1. The zero-order valence-electron chi connectivity index (χ0n) is 23.7. The van der Waals surface area contributed by atoms with Gasteiger partial charge >= 0.3 is 12.1 Å². The monoisotopic (exact) mass is 608 g/mol. The Balaban J connectivity index is 0.000000441. The minimum atomic E-state index is -5.08. The number of pyridine rings is 1. The number of aliphatic carboxylic acids is 1. The Morgan fingerprint density at radius 2 is 1.82 bits per heavy atom. The highest BCUT2D eigenvalue weighted by molar-refractivity contribution is 5.90. The van der Waals surface area contributed by atoms with Crippen molar-refractivity contribution < 1.29 is 27.8 Å². The smallest absolute Gasteiger partial charge is 0.475 e. The van der Waals surface area contributed by atoms with Gasteiger partial charge in [-0.1, -0.05) is 6.07 Å². The molecule has 0 unspecified atom stereocenters. The number of alkyl halides is 3. The summed E-state index contributed by atoms with van der Waals surface area (Å²) >= 11 is 0. The number of ether oxygens (including phenoxy) is 1. The summed E-state index contributed by atoms with van der Waals surface area (Å²) in [5.41, 5.74) is 4.31. The standard InChI is InChI=1S/C28H30N8O.C2HF3O2/c1-2-20(17-29-8-1)19-34-10-6-23(7-11-34)36-28-24(18-31-36)27(35-12-14-37-15-13-35)32-26(33-28)22-3-4-25-21(16-22)5-9-30-25;3-2(4,5)1(6)7/h1-5,8-9,16-18,23,30H,6-7,10-15,19H2;(H,6,7). The number of piperidine rings is 1. The van der Waals surface area contributed by atoms with Gasteiger partial charge in [-0.25, -0.2) is 19.4 Å². The van der Waals surface area contributed by atoms with E-state index in [1.165, 1.54) is 5.56 Å². The molecule has 2 N–H and O–H groups in total. The van der Waals surface area contributed by atoms with E-state index in [2.05, 4.69) is 54.8 Å². The summed E-state index contributed by atoms with van der Waals surface area (Å²) in [6.45, 7) is 6.05. The number of halogens is 3. The van der Waals surface area contributed by atoms with Crippen LogP contribution in [0.3, 0.4) is 0 Å². The molecule has 2 fully saturated rings. The molecule has 6 heterocycles. The van der Waals surface area contributed by atoms with Crippen LogP contribution < -0.4 is 4.90 Å². The SMILES string of the molecule is O=C(O)C(F)(F)F.c1cncc(CN2CCC(n3ncc4c(N5CCOCC5)nc(-c5ccc6[nH]ccc6c5)nc43)CC2)c1. The Morgan fingerprint density at radius 1 is 1.05 bits per heavy atom. The lowest BCUT2D eigenvalue weighted by Gasteiger charge is -2.32. The number of rotatable bonds is 5. The first-order valence-corrected chi connectivity index (χ1v) is 14.3. The van der Waals surface area contributed by atoms with Crippen molar-refractivity contribution >= 4 is 33.7 Å². The molecular weight excluding hydrogens is 577 g/mol. The molecule has 7 rings (SSSR count). The molecule has 2 saturated heterocycles. The molecule has 0 radical (unpaired) electrons. The van der Waals surface area contributed by atoms with Gasteiger partial charge in [-0.05, 0) is 48.7 Å². The first-order chi connectivity index (χ1) is 21.3. The molecule has 0 spiro atoms. The summed E-state index contributed by atoms with van der Waals surface area (Å²) < 4.78 is 39.5. The van der Waals surface area contributed by atoms with Gasteiger partial charge in [0.2, 0.25) is 0 Å². The van der Waals surface area contributed by atoms with Crippen LogP contribution in [-0.4, -0.2) is 91.3 Å². The number of hydrogen-bond acceptors (Lipinski definition) is 8. The number of aromatic nitrogens is 6. The van der Waals surface area contributed by atoms with Crippen molar-refractivity contribution in [1.82, 2.24) is 34.6 Å². The molecule has 0 saturated carbocycles. The summed E-state index contributed by atoms with van der Waals surface area (Å²) in [5.74, 6) is -1.06. The van der Waals surface area contributed by atoms with Crippen LogP contribution in [0.1, 0.15) is 24.4 Å². The van der Waals surface area contributed by atoms with E-state index in [1.54, 1.807) is 0 Å². The van der Waals surface area contributed by atoms with Crippen LogP contribution >= 0.6 is 0 Å². The van der Waals surface area contributed by atoms with Crippen molar-refractivity contribution in [3.8, 4) is 11.4 Å².